The molecule has 3 nitrogen and oxygen atoms in total. The predicted molar refractivity (Wildman–Crippen MR) is 117 cm³/mol. The van der Waals surface area contributed by atoms with Gasteiger partial charge >= 0.3 is 0 Å². The summed E-state index contributed by atoms with van der Waals surface area (Å²) in [6.07, 6.45) is 5.57. The first-order valence-electron chi connectivity index (χ1n) is 10.6. The molecule has 2 aromatic rings. The quantitative estimate of drug-likeness (QED) is 0.795. The predicted octanol–water partition coefficient (Wildman–Crippen LogP) is 4.63. The van der Waals surface area contributed by atoms with Crippen molar-refractivity contribution in [1.82, 2.24) is 4.90 Å². The third kappa shape index (κ3) is 4.53. The maximum absolute atomic E-state index is 10.3. The van der Waals surface area contributed by atoms with Crippen LogP contribution in [-0.2, 0) is 6.42 Å². The van der Waals surface area contributed by atoms with Crippen molar-refractivity contribution in [2.75, 3.05) is 37.7 Å². The van der Waals surface area contributed by atoms with E-state index in [0.717, 1.165) is 44.0 Å². The van der Waals surface area contributed by atoms with Gasteiger partial charge in [-0.15, -0.1) is 0 Å². The molecule has 28 heavy (non-hydrogen) atoms. The van der Waals surface area contributed by atoms with E-state index in [1.54, 1.807) is 0 Å². The molecule has 1 atom stereocenters. The van der Waals surface area contributed by atoms with E-state index in [9.17, 15) is 5.11 Å². The van der Waals surface area contributed by atoms with Crippen molar-refractivity contribution in [2.24, 2.45) is 5.41 Å². The molecule has 2 fully saturated rings. The lowest BCUT2D eigenvalue weighted by atomic mass is 9.75. The van der Waals surface area contributed by atoms with Crippen molar-refractivity contribution in [1.29, 1.82) is 0 Å². The highest BCUT2D eigenvalue weighted by Gasteiger charge is 2.38. The van der Waals surface area contributed by atoms with Gasteiger partial charge in [0.2, 0.25) is 0 Å². The molecular weight excluding hydrogens is 368 g/mol. The standard InChI is InChI=1S/C24H31ClN2O/c25-21-7-4-6-20(16-21)17-24(19-28)12-5-13-27(18-24)23-10-14-26(15-11-23)22-8-2-1-3-9-22/h1-4,6-9,16,23,28H,5,10-15,17-19H2. The zero-order chi connectivity index (χ0) is 19.4. The van der Waals surface area contributed by atoms with E-state index in [2.05, 4.69) is 52.3 Å². The fourth-order valence-corrected chi connectivity index (χ4v) is 5.31. The average molecular weight is 399 g/mol. The second kappa shape index (κ2) is 8.86. The molecule has 2 aliphatic rings. The van der Waals surface area contributed by atoms with Crippen LogP contribution in [0.2, 0.25) is 5.02 Å². The largest absolute Gasteiger partial charge is 0.396 e. The minimum Gasteiger partial charge on any atom is -0.396 e. The molecule has 0 radical (unpaired) electrons. The van der Waals surface area contributed by atoms with Crippen LogP contribution in [0.5, 0.6) is 0 Å². The molecule has 0 bridgehead atoms. The number of rotatable bonds is 5. The van der Waals surface area contributed by atoms with Crippen molar-refractivity contribution in [3.8, 4) is 0 Å². The monoisotopic (exact) mass is 398 g/mol. The Morgan fingerprint density at radius 2 is 1.79 bits per heavy atom. The summed E-state index contributed by atoms with van der Waals surface area (Å²) in [5.41, 5.74) is 2.53. The van der Waals surface area contributed by atoms with Gasteiger partial charge < -0.3 is 10.0 Å². The van der Waals surface area contributed by atoms with Gasteiger partial charge in [0.1, 0.15) is 0 Å². The zero-order valence-electron chi connectivity index (χ0n) is 16.6. The Labute approximate surface area is 173 Å². The van der Waals surface area contributed by atoms with Gasteiger partial charge in [-0.3, -0.25) is 4.90 Å². The minimum absolute atomic E-state index is 0.0422. The number of para-hydroxylation sites is 1. The lowest BCUT2D eigenvalue weighted by Crippen LogP contribution is -2.53. The molecule has 2 saturated heterocycles. The number of nitrogens with zero attached hydrogens (tertiary/aromatic N) is 2. The number of benzene rings is 2. The number of anilines is 1. The molecule has 1 N–H and O–H groups in total. The Morgan fingerprint density at radius 3 is 2.50 bits per heavy atom. The van der Waals surface area contributed by atoms with E-state index in [4.69, 9.17) is 11.6 Å². The molecule has 4 rings (SSSR count). The number of hydrogen-bond acceptors (Lipinski definition) is 3. The van der Waals surface area contributed by atoms with E-state index >= 15 is 0 Å². The number of aliphatic hydroxyl groups is 1. The number of halogens is 1. The zero-order valence-corrected chi connectivity index (χ0v) is 17.3. The summed E-state index contributed by atoms with van der Waals surface area (Å²) in [4.78, 5) is 5.16. The van der Waals surface area contributed by atoms with Gasteiger partial charge in [0.15, 0.2) is 0 Å². The van der Waals surface area contributed by atoms with E-state index in [1.807, 2.05) is 12.1 Å². The Kier molecular flexibility index (Phi) is 6.25. The lowest BCUT2D eigenvalue weighted by molar-refractivity contribution is 0.00729. The van der Waals surface area contributed by atoms with Gasteiger partial charge in [0.05, 0.1) is 6.61 Å². The number of piperidine rings is 2. The topological polar surface area (TPSA) is 26.7 Å². The molecule has 150 valence electrons. The summed E-state index contributed by atoms with van der Waals surface area (Å²) in [5, 5.41) is 11.1. The highest BCUT2D eigenvalue weighted by molar-refractivity contribution is 6.30. The second-order valence-electron chi connectivity index (χ2n) is 8.59. The van der Waals surface area contributed by atoms with Crippen molar-refractivity contribution < 1.29 is 5.11 Å². The van der Waals surface area contributed by atoms with E-state index < -0.39 is 0 Å². The first kappa shape index (κ1) is 19.8. The number of hydrogen-bond donors (Lipinski definition) is 1. The lowest BCUT2D eigenvalue weighted by Gasteiger charge is -2.47. The number of aliphatic hydroxyl groups excluding tert-OH is 1. The van der Waals surface area contributed by atoms with Gasteiger partial charge in [-0.1, -0.05) is 41.9 Å². The van der Waals surface area contributed by atoms with Crippen LogP contribution in [0.4, 0.5) is 5.69 Å². The highest BCUT2D eigenvalue weighted by atomic mass is 35.5. The minimum atomic E-state index is -0.0422. The van der Waals surface area contributed by atoms with E-state index in [-0.39, 0.29) is 12.0 Å². The second-order valence-corrected chi connectivity index (χ2v) is 9.03. The fraction of sp³-hybridized carbons (Fsp3) is 0.500. The number of likely N-dealkylation sites (tertiary alicyclic amines) is 1. The maximum Gasteiger partial charge on any atom is 0.0502 e. The Balaban J connectivity index is 1.39. The van der Waals surface area contributed by atoms with Crippen molar-refractivity contribution in [3.63, 3.8) is 0 Å². The highest BCUT2D eigenvalue weighted by Crippen LogP contribution is 2.36. The van der Waals surface area contributed by atoms with Gasteiger partial charge in [0, 0.05) is 41.8 Å². The van der Waals surface area contributed by atoms with E-state index in [1.165, 1.54) is 30.5 Å². The molecule has 0 amide bonds. The summed E-state index contributed by atoms with van der Waals surface area (Å²) in [7, 11) is 0. The van der Waals surface area contributed by atoms with Gasteiger partial charge in [-0.05, 0) is 68.5 Å². The summed E-state index contributed by atoms with van der Waals surface area (Å²) in [5.74, 6) is 0. The Morgan fingerprint density at radius 1 is 1.00 bits per heavy atom. The summed E-state index contributed by atoms with van der Waals surface area (Å²) in [6, 6.07) is 19.5. The van der Waals surface area contributed by atoms with Crippen molar-refractivity contribution in [3.05, 3.63) is 65.2 Å². The van der Waals surface area contributed by atoms with Crippen molar-refractivity contribution >= 4 is 17.3 Å². The smallest absolute Gasteiger partial charge is 0.0502 e. The van der Waals surface area contributed by atoms with Crippen LogP contribution in [0, 0.1) is 5.41 Å². The summed E-state index contributed by atoms with van der Waals surface area (Å²) < 4.78 is 0. The molecule has 0 aromatic heterocycles. The van der Waals surface area contributed by atoms with Crippen LogP contribution >= 0.6 is 11.6 Å². The Hall–Kier alpha value is -1.55. The molecule has 2 aromatic carbocycles. The molecule has 2 heterocycles. The summed E-state index contributed by atoms with van der Waals surface area (Å²) >= 11 is 6.19. The van der Waals surface area contributed by atoms with Crippen LogP contribution in [0.25, 0.3) is 0 Å². The van der Waals surface area contributed by atoms with Crippen LogP contribution < -0.4 is 4.90 Å². The SMILES string of the molecule is OCC1(Cc2cccc(Cl)c2)CCCN(C2CCN(c3ccccc3)CC2)C1. The third-order valence-electron chi connectivity index (χ3n) is 6.60. The molecular formula is C24H31ClN2O. The van der Waals surface area contributed by atoms with Gasteiger partial charge in [-0.25, -0.2) is 0 Å². The molecule has 0 aliphatic carbocycles. The average Bonchev–Trinajstić information content (AvgIpc) is 2.75. The Bertz CT molecular complexity index is 760. The third-order valence-corrected chi connectivity index (χ3v) is 6.83. The van der Waals surface area contributed by atoms with E-state index in [0.29, 0.717) is 6.04 Å². The molecule has 1 unspecified atom stereocenters. The fourth-order valence-electron chi connectivity index (χ4n) is 5.09. The molecule has 0 saturated carbocycles. The van der Waals surface area contributed by atoms with Crippen LogP contribution in [0.1, 0.15) is 31.2 Å². The molecule has 4 heteroatoms. The first-order valence-corrected chi connectivity index (χ1v) is 10.9. The van der Waals surface area contributed by atoms with Gasteiger partial charge in [0.25, 0.3) is 0 Å². The summed E-state index contributed by atoms with van der Waals surface area (Å²) in [6.45, 7) is 4.63. The van der Waals surface area contributed by atoms with Crippen LogP contribution in [0.3, 0.4) is 0 Å². The normalized spacial score (nSPS) is 24.4. The van der Waals surface area contributed by atoms with Crippen LogP contribution in [-0.4, -0.2) is 48.8 Å². The van der Waals surface area contributed by atoms with Crippen molar-refractivity contribution in [2.45, 2.75) is 38.1 Å². The van der Waals surface area contributed by atoms with Crippen LogP contribution in [0.15, 0.2) is 54.6 Å². The maximum atomic E-state index is 10.3. The molecule has 0 spiro atoms. The first-order chi connectivity index (χ1) is 13.7. The van der Waals surface area contributed by atoms with Gasteiger partial charge in [-0.2, -0.15) is 0 Å². The molecule has 2 aliphatic heterocycles.